The Balaban J connectivity index is 1.48. The molecule has 1 aliphatic rings. The molecule has 0 radical (unpaired) electrons. The van der Waals surface area contributed by atoms with Gasteiger partial charge in [-0.3, -0.25) is 14.4 Å². The van der Waals surface area contributed by atoms with Gasteiger partial charge in [-0.1, -0.05) is 18.2 Å². The summed E-state index contributed by atoms with van der Waals surface area (Å²) in [5.41, 5.74) is 2.43. The van der Waals surface area contributed by atoms with E-state index in [4.69, 9.17) is 4.74 Å². The molecule has 2 heterocycles. The van der Waals surface area contributed by atoms with Crippen molar-refractivity contribution in [2.24, 2.45) is 0 Å². The lowest BCUT2D eigenvalue weighted by Crippen LogP contribution is -2.43. The molecule has 1 aromatic heterocycles. The molecule has 0 fully saturated rings. The van der Waals surface area contributed by atoms with Crippen LogP contribution in [0.25, 0.3) is 10.9 Å². The minimum absolute atomic E-state index is 0.174. The summed E-state index contributed by atoms with van der Waals surface area (Å²) >= 11 is 0. The highest BCUT2D eigenvalue weighted by atomic mass is 16.5. The number of ether oxygens (including phenoxy) is 1. The maximum atomic E-state index is 12.7. The van der Waals surface area contributed by atoms with Crippen LogP contribution in [-0.2, 0) is 20.9 Å². The molecule has 154 valence electrons. The Labute approximate surface area is 173 Å². The fraction of sp³-hybridized carbons (Fsp3) is 0.227. The molecule has 1 aliphatic heterocycles. The van der Waals surface area contributed by atoms with Gasteiger partial charge < -0.3 is 25.3 Å². The number of hydrogen-bond acceptors (Lipinski definition) is 4. The molecular formula is C22H22N4O4. The fourth-order valence-corrected chi connectivity index (χ4v) is 3.56. The molecule has 0 bridgehead atoms. The quantitative estimate of drug-likeness (QED) is 0.585. The van der Waals surface area contributed by atoms with Crippen LogP contribution in [0.5, 0.6) is 0 Å². The number of fused-ring (bicyclic) bond motifs is 2. The third-order valence-electron chi connectivity index (χ3n) is 5.06. The van der Waals surface area contributed by atoms with Crippen molar-refractivity contribution in [2.45, 2.75) is 19.0 Å². The third-order valence-corrected chi connectivity index (χ3v) is 5.06. The first-order valence-electron chi connectivity index (χ1n) is 9.64. The van der Waals surface area contributed by atoms with Gasteiger partial charge in [-0.2, -0.15) is 0 Å². The fourth-order valence-electron chi connectivity index (χ4n) is 3.56. The number of aromatic nitrogens is 1. The number of amides is 3. The van der Waals surface area contributed by atoms with Crippen molar-refractivity contribution in [1.82, 2.24) is 9.88 Å². The van der Waals surface area contributed by atoms with E-state index in [1.54, 1.807) is 31.4 Å². The zero-order chi connectivity index (χ0) is 21.1. The molecule has 3 N–H and O–H groups in total. The Morgan fingerprint density at radius 1 is 1.13 bits per heavy atom. The molecule has 1 atom stereocenters. The normalized spacial score (nSPS) is 15.8. The number of benzene rings is 2. The highest BCUT2D eigenvalue weighted by Gasteiger charge is 2.29. The van der Waals surface area contributed by atoms with Gasteiger partial charge in [-0.15, -0.1) is 0 Å². The van der Waals surface area contributed by atoms with Crippen molar-refractivity contribution in [1.29, 1.82) is 0 Å². The lowest BCUT2D eigenvalue weighted by atomic mass is 10.1. The van der Waals surface area contributed by atoms with Gasteiger partial charge in [0.05, 0.1) is 35.5 Å². The average Bonchev–Trinajstić information content (AvgIpc) is 3.11. The molecule has 0 spiro atoms. The minimum atomic E-state index is -0.963. The van der Waals surface area contributed by atoms with Gasteiger partial charge in [-0.25, -0.2) is 0 Å². The predicted molar refractivity (Wildman–Crippen MR) is 113 cm³/mol. The lowest BCUT2D eigenvalue weighted by molar-refractivity contribution is -0.122. The molecule has 0 aliphatic carbocycles. The second kappa shape index (κ2) is 8.38. The van der Waals surface area contributed by atoms with Gasteiger partial charge in [-0.05, 0) is 30.3 Å². The van der Waals surface area contributed by atoms with Crippen molar-refractivity contribution >= 4 is 40.0 Å². The summed E-state index contributed by atoms with van der Waals surface area (Å²) in [7, 11) is 1.65. The van der Waals surface area contributed by atoms with Crippen LogP contribution in [0.4, 0.5) is 11.4 Å². The number of hydrogen-bond donors (Lipinski definition) is 3. The van der Waals surface area contributed by atoms with Crippen molar-refractivity contribution in [2.75, 3.05) is 24.4 Å². The summed E-state index contributed by atoms with van der Waals surface area (Å²) in [6.45, 7) is 1.28. The van der Waals surface area contributed by atoms with Crippen LogP contribution in [0.1, 0.15) is 16.8 Å². The third kappa shape index (κ3) is 3.90. The lowest BCUT2D eigenvalue weighted by Gasteiger charge is -2.15. The maximum Gasteiger partial charge on any atom is 0.254 e. The monoisotopic (exact) mass is 406 g/mol. The van der Waals surface area contributed by atoms with Crippen LogP contribution in [0.15, 0.2) is 54.7 Å². The van der Waals surface area contributed by atoms with Crippen molar-refractivity contribution < 1.29 is 19.1 Å². The summed E-state index contributed by atoms with van der Waals surface area (Å²) in [6.07, 6.45) is 1.77. The number of nitrogens with zero attached hydrogens (tertiary/aromatic N) is 1. The van der Waals surface area contributed by atoms with Gasteiger partial charge in [0.15, 0.2) is 0 Å². The summed E-state index contributed by atoms with van der Waals surface area (Å²) in [4.78, 5) is 37.6. The standard InChI is InChI=1S/C22H22N4O4/c1-30-12-11-26-10-9-14-16(7-4-8-19(14)26)23-20(27)13-18-22(29)24-17-6-3-2-5-15(17)21(28)25-18/h2-10,18H,11-13H2,1H3,(H,23,27)(H,24,29)(H,25,28). The molecule has 8 nitrogen and oxygen atoms in total. The Kier molecular flexibility index (Phi) is 5.49. The number of carbonyl (C=O) groups excluding carboxylic acids is 3. The van der Waals surface area contributed by atoms with Crippen LogP contribution in [0.3, 0.4) is 0 Å². The molecule has 8 heteroatoms. The molecule has 2 aromatic carbocycles. The Hall–Kier alpha value is -3.65. The number of methoxy groups -OCH3 is 1. The highest BCUT2D eigenvalue weighted by molar-refractivity contribution is 6.11. The zero-order valence-electron chi connectivity index (χ0n) is 16.5. The van der Waals surface area contributed by atoms with E-state index < -0.39 is 11.9 Å². The Bertz CT molecular complexity index is 1120. The van der Waals surface area contributed by atoms with Gasteiger partial charge in [0.25, 0.3) is 5.91 Å². The van der Waals surface area contributed by atoms with Crippen molar-refractivity contribution in [3.63, 3.8) is 0 Å². The predicted octanol–water partition coefficient (Wildman–Crippen LogP) is 2.37. The molecular weight excluding hydrogens is 384 g/mol. The number of rotatable bonds is 6. The SMILES string of the molecule is COCCn1ccc2c(NC(=O)CC3NC(=O)c4ccccc4NC3=O)cccc21. The largest absolute Gasteiger partial charge is 0.383 e. The first kappa shape index (κ1) is 19.7. The maximum absolute atomic E-state index is 12.7. The van der Waals surface area contributed by atoms with Crippen LogP contribution in [-0.4, -0.2) is 42.0 Å². The van der Waals surface area contributed by atoms with Gasteiger partial charge in [0.1, 0.15) is 6.04 Å². The van der Waals surface area contributed by atoms with Gasteiger partial charge >= 0.3 is 0 Å². The van der Waals surface area contributed by atoms with Crippen LogP contribution < -0.4 is 16.0 Å². The van der Waals surface area contributed by atoms with E-state index in [1.165, 1.54) is 0 Å². The number of carbonyl (C=O) groups is 3. The van der Waals surface area contributed by atoms with Crippen LogP contribution in [0.2, 0.25) is 0 Å². The van der Waals surface area contributed by atoms with Gasteiger partial charge in [0.2, 0.25) is 11.8 Å². The van der Waals surface area contributed by atoms with Crippen LogP contribution in [0, 0.1) is 0 Å². The molecule has 0 saturated heterocycles. The number of para-hydroxylation sites is 1. The van der Waals surface area contributed by atoms with E-state index in [9.17, 15) is 14.4 Å². The molecule has 0 saturated carbocycles. The summed E-state index contributed by atoms with van der Waals surface area (Å²) in [5, 5.41) is 9.10. The van der Waals surface area contributed by atoms with Gasteiger partial charge in [0, 0.05) is 25.2 Å². The summed E-state index contributed by atoms with van der Waals surface area (Å²) in [5.74, 6) is -1.18. The van der Waals surface area contributed by atoms with Crippen molar-refractivity contribution in [3.8, 4) is 0 Å². The molecule has 3 amide bonds. The minimum Gasteiger partial charge on any atom is -0.383 e. The topological polar surface area (TPSA) is 101 Å². The summed E-state index contributed by atoms with van der Waals surface area (Å²) in [6, 6.07) is 13.3. The smallest absolute Gasteiger partial charge is 0.254 e. The second-order valence-electron chi connectivity index (χ2n) is 7.05. The molecule has 3 aromatic rings. The average molecular weight is 406 g/mol. The number of nitrogens with one attached hydrogen (secondary N) is 3. The van der Waals surface area contributed by atoms with E-state index >= 15 is 0 Å². The first-order chi connectivity index (χ1) is 14.6. The summed E-state index contributed by atoms with van der Waals surface area (Å²) < 4.78 is 7.18. The van der Waals surface area contributed by atoms with E-state index in [1.807, 2.05) is 35.0 Å². The zero-order valence-corrected chi connectivity index (χ0v) is 16.5. The van der Waals surface area contributed by atoms with E-state index in [0.29, 0.717) is 30.1 Å². The van der Waals surface area contributed by atoms with E-state index in [2.05, 4.69) is 16.0 Å². The highest BCUT2D eigenvalue weighted by Crippen LogP contribution is 2.25. The first-order valence-corrected chi connectivity index (χ1v) is 9.64. The van der Waals surface area contributed by atoms with Crippen LogP contribution >= 0.6 is 0 Å². The molecule has 30 heavy (non-hydrogen) atoms. The number of anilines is 2. The Morgan fingerprint density at radius 3 is 2.80 bits per heavy atom. The van der Waals surface area contributed by atoms with E-state index in [-0.39, 0.29) is 18.2 Å². The Morgan fingerprint density at radius 2 is 1.97 bits per heavy atom. The second-order valence-corrected chi connectivity index (χ2v) is 7.05. The van der Waals surface area contributed by atoms with Crippen molar-refractivity contribution in [3.05, 3.63) is 60.3 Å². The molecule has 1 unspecified atom stereocenters. The van der Waals surface area contributed by atoms with E-state index in [0.717, 1.165) is 10.9 Å². The molecule has 4 rings (SSSR count).